The van der Waals surface area contributed by atoms with Gasteiger partial charge in [0, 0.05) is 42.9 Å². The predicted molar refractivity (Wildman–Crippen MR) is 131 cm³/mol. The van der Waals surface area contributed by atoms with E-state index in [-0.39, 0.29) is 23.7 Å². The highest BCUT2D eigenvalue weighted by Crippen LogP contribution is 2.28. The Hall–Kier alpha value is -3.39. The van der Waals surface area contributed by atoms with Gasteiger partial charge in [0.15, 0.2) is 0 Å². The van der Waals surface area contributed by atoms with E-state index in [1.165, 1.54) is 12.1 Å². The lowest BCUT2D eigenvalue weighted by atomic mass is 9.86. The van der Waals surface area contributed by atoms with Gasteiger partial charge < -0.3 is 24.6 Å². The summed E-state index contributed by atoms with van der Waals surface area (Å²) < 4.78 is 21.9. The molecule has 2 N–H and O–H groups in total. The van der Waals surface area contributed by atoms with Gasteiger partial charge in [0.05, 0.1) is 30.2 Å². The normalized spacial score (nSPS) is 20.7. The van der Waals surface area contributed by atoms with Crippen LogP contribution >= 0.6 is 0 Å². The first-order valence-corrected chi connectivity index (χ1v) is 12.2. The number of carbonyl (C=O) groups excluding carboxylic acids is 1. The third-order valence-electron chi connectivity index (χ3n) is 7.19. The summed E-state index contributed by atoms with van der Waals surface area (Å²) in [5.41, 5.74) is 3.20. The Morgan fingerprint density at radius 3 is 2.40 bits per heavy atom. The Morgan fingerprint density at radius 1 is 1.00 bits per heavy atom. The summed E-state index contributed by atoms with van der Waals surface area (Å²) in [5.74, 6) is -1.73. The first kappa shape index (κ1) is 23.4. The van der Waals surface area contributed by atoms with Crippen LogP contribution in [0, 0.1) is 11.7 Å². The molecule has 0 atom stereocenters. The SMILES string of the molecule is O=C(NC1CCC(C(=O)O)CC1)c1ccc(F)c2ccn(Cc3ccc(N4CCOCC4)cc3)c12. The standard InChI is InChI=1S/C27H30FN3O4/c28-24-10-9-23(26(32)29-20-5-3-19(4-6-20)27(33)34)25-22(24)11-12-31(25)17-18-1-7-21(8-2-18)30-13-15-35-16-14-30/h1-2,7-12,19-20H,3-6,13-17H2,(H,29,32)(H,33,34). The van der Waals surface area contributed by atoms with Gasteiger partial charge in [0.1, 0.15) is 5.82 Å². The highest BCUT2D eigenvalue weighted by atomic mass is 19.1. The van der Waals surface area contributed by atoms with Crippen LogP contribution in [-0.2, 0) is 16.1 Å². The van der Waals surface area contributed by atoms with Crippen molar-refractivity contribution in [3.05, 3.63) is 65.6 Å². The van der Waals surface area contributed by atoms with Gasteiger partial charge in [-0.2, -0.15) is 0 Å². The van der Waals surface area contributed by atoms with Crippen LogP contribution in [0.2, 0.25) is 0 Å². The van der Waals surface area contributed by atoms with E-state index in [4.69, 9.17) is 4.74 Å². The Kier molecular flexibility index (Phi) is 6.72. The number of aliphatic carboxylic acids is 1. The lowest BCUT2D eigenvalue weighted by molar-refractivity contribution is -0.142. The van der Waals surface area contributed by atoms with Crippen LogP contribution in [0.4, 0.5) is 10.1 Å². The molecule has 2 heterocycles. The Morgan fingerprint density at radius 2 is 1.71 bits per heavy atom. The van der Waals surface area contributed by atoms with E-state index in [9.17, 15) is 19.1 Å². The molecule has 2 fully saturated rings. The van der Waals surface area contributed by atoms with E-state index in [0.717, 1.165) is 37.6 Å². The molecule has 1 aliphatic carbocycles. The first-order valence-electron chi connectivity index (χ1n) is 12.2. The minimum Gasteiger partial charge on any atom is -0.481 e. The van der Waals surface area contributed by atoms with Crippen molar-refractivity contribution < 1.29 is 23.8 Å². The Labute approximate surface area is 203 Å². The number of fused-ring (bicyclic) bond motifs is 1. The summed E-state index contributed by atoms with van der Waals surface area (Å²) in [5, 5.41) is 12.7. The summed E-state index contributed by atoms with van der Waals surface area (Å²) in [6.45, 7) is 3.72. The minimum atomic E-state index is -0.772. The zero-order valence-electron chi connectivity index (χ0n) is 19.6. The van der Waals surface area contributed by atoms with Crippen molar-refractivity contribution in [1.29, 1.82) is 0 Å². The number of amides is 1. The Balaban J connectivity index is 1.34. The van der Waals surface area contributed by atoms with Crippen LogP contribution in [0.25, 0.3) is 10.9 Å². The first-order chi connectivity index (χ1) is 17.0. The number of morpholine rings is 1. The van der Waals surface area contributed by atoms with E-state index >= 15 is 0 Å². The lowest BCUT2D eigenvalue weighted by Gasteiger charge is -2.29. The smallest absolute Gasteiger partial charge is 0.306 e. The zero-order valence-corrected chi connectivity index (χ0v) is 19.6. The number of rotatable bonds is 6. The van der Waals surface area contributed by atoms with E-state index < -0.39 is 5.97 Å². The number of carboxylic acids is 1. The fourth-order valence-electron chi connectivity index (χ4n) is 5.18. The molecule has 1 amide bonds. The topological polar surface area (TPSA) is 83.8 Å². The van der Waals surface area contributed by atoms with Crippen LogP contribution in [0.3, 0.4) is 0 Å². The number of nitrogens with zero attached hydrogens (tertiary/aromatic N) is 2. The molecule has 184 valence electrons. The Bertz CT molecular complexity index is 1210. The van der Waals surface area contributed by atoms with Crippen molar-refractivity contribution in [3.8, 4) is 0 Å². The van der Waals surface area contributed by atoms with E-state index in [1.807, 2.05) is 10.8 Å². The summed E-state index contributed by atoms with van der Waals surface area (Å²) in [6.07, 6.45) is 4.18. The quantitative estimate of drug-likeness (QED) is 0.558. The van der Waals surface area contributed by atoms with Crippen molar-refractivity contribution in [2.45, 2.75) is 38.3 Å². The van der Waals surface area contributed by atoms with Gasteiger partial charge in [0.25, 0.3) is 5.91 Å². The van der Waals surface area contributed by atoms with Crippen molar-refractivity contribution in [3.63, 3.8) is 0 Å². The molecule has 0 unspecified atom stereocenters. The molecular weight excluding hydrogens is 449 g/mol. The minimum absolute atomic E-state index is 0.0747. The van der Waals surface area contributed by atoms with Crippen molar-refractivity contribution in [2.24, 2.45) is 5.92 Å². The van der Waals surface area contributed by atoms with Gasteiger partial charge in [-0.05, 0) is 61.6 Å². The number of benzene rings is 2. The maximum Gasteiger partial charge on any atom is 0.306 e. The molecule has 2 aliphatic rings. The number of ether oxygens (including phenoxy) is 1. The molecule has 7 nitrogen and oxygen atoms in total. The third kappa shape index (κ3) is 5.03. The molecule has 1 saturated carbocycles. The number of carboxylic acid groups (broad SMARTS) is 1. The molecule has 5 rings (SSSR count). The van der Waals surface area contributed by atoms with Crippen LogP contribution in [0.15, 0.2) is 48.7 Å². The van der Waals surface area contributed by atoms with Gasteiger partial charge in [0.2, 0.25) is 0 Å². The van der Waals surface area contributed by atoms with Gasteiger partial charge in [-0.15, -0.1) is 0 Å². The predicted octanol–water partition coefficient (Wildman–Crippen LogP) is 4.04. The van der Waals surface area contributed by atoms with Crippen molar-refractivity contribution >= 4 is 28.5 Å². The number of aromatic nitrogens is 1. The number of carbonyl (C=O) groups is 2. The van der Waals surface area contributed by atoms with Crippen LogP contribution < -0.4 is 10.2 Å². The van der Waals surface area contributed by atoms with Gasteiger partial charge in [-0.25, -0.2) is 4.39 Å². The second kappa shape index (κ2) is 10.1. The average molecular weight is 480 g/mol. The number of hydrogen-bond acceptors (Lipinski definition) is 4. The summed E-state index contributed by atoms with van der Waals surface area (Å²) in [7, 11) is 0. The highest BCUT2D eigenvalue weighted by molar-refractivity contribution is 6.06. The number of anilines is 1. The number of hydrogen-bond donors (Lipinski definition) is 2. The molecule has 8 heteroatoms. The highest BCUT2D eigenvalue weighted by Gasteiger charge is 2.27. The molecular formula is C27H30FN3O4. The molecule has 1 aromatic heterocycles. The summed E-state index contributed by atoms with van der Waals surface area (Å²) in [6, 6.07) is 12.8. The second-order valence-corrected chi connectivity index (χ2v) is 9.43. The maximum absolute atomic E-state index is 14.6. The maximum atomic E-state index is 14.6. The molecule has 0 bridgehead atoms. The molecule has 0 radical (unpaired) electrons. The van der Waals surface area contributed by atoms with Gasteiger partial charge >= 0.3 is 5.97 Å². The van der Waals surface area contributed by atoms with E-state index in [0.29, 0.717) is 48.7 Å². The molecule has 1 aliphatic heterocycles. The number of nitrogens with one attached hydrogen (secondary N) is 1. The zero-order chi connectivity index (χ0) is 24.4. The van der Waals surface area contributed by atoms with Crippen LogP contribution in [-0.4, -0.2) is 53.9 Å². The van der Waals surface area contributed by atoms with Crippen molar-refractivity contribution in [1.82, 2.24) is 9.88 Å². The van der Waals surface area contributed by atoms with Gasteiger partial charge in [-0.1, -0.05) is 12.1 Å². The lowest BCUT2D eigenvalue weighted by Crippen LogP contribution is -2.38. The second-order valence-electron chi connectivity index (χ2n) is 9.43. The summed E-state index contributed by atoms with van der Waals surface area (Å²) in [4.78, 5) is 26.7. The molecule has 2 aromatic carbocycles. The number of halogens is 1. The largest absolute Gasteiger partial charge is 0.481 e. The third-order valence-corrected chi connectivity index (χ3v) is 7.19. The summed E-state index contributed by atoms with van der Waals surface area (Å²) >= 11 is 0. The molecule has 35 heavy (non-hydrogen) atoms. The fourth-order valence-corrected chi connectivity index (χ4v) is 5.18. The monoisotopic (exact) mass is 479 g/mol. The molecule has 0 spiro atoms. The van der Waals surface area contributed by atoms with E-state index in [2.05, 4.69) is 34.5 Å². The van der Waals surface area contributed by atoms with Gasteiger partial charge in [-0.3, -0.25) is 9.59 Å². The van der Waals surface area contributed by atoms with Crippen LogP contribution in [0.5, 0.6) is 0 Å². The average Bonchev–Trinajstić information content (AvgIpc) is 3.30. The molecule has 3 aromatic rings. The van der Waals surface area contributed by atoms with E-state index in [1.54, 1.807) is 6.07 Å². The molecule has 1 saturated heterocycles. The van der Waals surface area contributed by atoms with Crippen molar-refractivity contribution in [2.75, 3.05) is 31.2 Å². The van der Waals surface area contributed by atoms with Crippen LogP contribution in [0.1, 0.15) is 41.6 Å². The fraction of sp³-hybridized carbons (Fsp3) is 0.407.